The smallest absolute Gasteiger partial charge is 0.343 e. The number of phenols is 2. The van der Waals surface area contributed by atoms with Crippen molar-refractivity contribution in [1.29, 1.82) is 0 Å². The van der Waals surface area contributed by atoms with E-state index in [1.54, 1.807) is 36.4 Å². The molecule has 44 heavy (non-hydrogen) atoms. The minimum Gasteiger partial charge on any atom is -0.504 e. The molecule has 0 spiro atoms. The van der Waals surface area contributed by atoms with E-state index in [-0.39, 0.29) is 23.3 Å². The third-order valence-corrected chi connectivity index (χ3v) is 7.14. The number of hydrogen-bond donors (Lipinski definition) is 2. The summed E-state index contributed by atoms with van der Waals surface area (Å²) in [6.07, 6.45) is 4.29. The maximum absolute atomic E-state index is 14.1. The van der Waals surface area contributed by atoms with Gasteiger partial charge in [0, 0.05) is 16.1 Å². The molecule has 0 bridgehead atoms. The van der Waals surface area contributed by atoms with Crippen LogP contribution in [0.4, 0.5) is 0 Å². The molecule has 0 aliphatic heterocycles. The third kappa shape index (κ3) is 7.33. The highest BCUT2D eigenvalue weighted by molar-refractivity contribution is 6.31. The zero-order chi connectivity index (χ0) is 31.6. The Labute approximate surface area is 259 Å². The van der Waals surface area contributed by atoms with Gasteiger partial charge >= 0.3 is 11.9 Å². The first kappa shape index (κ1) is 32.0. The van der Waals surface area contributed by atoms with E-state index in [9.17, 15) is 29.4 Å². The van der Waals surface area contributed by atoms with Crippen LogP contribution >= 0.6 is 11.6 Å². The largest absolute Gasteiger partial charge is 0.504 e. The molecule has 4 aromatic rings. The number of esters is 2. The van der Waals surface area contributed by atoms with Crippen molar-refractivity contribution in [1.82, 2.24) is 0 Å². The standard InChI is InChI=1S/C35H31ClO8/c1-2-3-4-5-12-21-43-35(42)26-27(29(37)22-13-8-6-9-14-22)31(39)32(40)33(44-34(41)24-15-10-7-11-16-24)28(26)30(38)23-17-19-25(36)20-18-23/h6-11,13-20,39-40H,2-5,12,21H2,1H3. The van der Waals surface area contributed by atoms with Gasteiger partial charge in [-0.3, -0.25) is 9.59 Å². The number of carbonyl (C=O) groups excluding carboxylic acids is 4. The highest BCUT2D eigenvalue weighted by Crippen LogP contribution is 2.46. The van der Waals surface area contributed by atoms with Crippen LogP contribution in [0.1, 0.15) is 91.6 Å². The Morgan fingerprint density at radius 3 is 1.77 bits per heavy atom. The van der Waals surface area contributed by atoms with Crippen LogP contribution in [0.2, 0.25) is 5.02 Å². The molecular weight excluding hydrogens is 584 g/mol. The molecule has 2 N–H and O–H groups in total. The number of benzene rings is 4. The van der Waals surface area contributed by atoms with Crippen molar-refractivity contribution in [2.24, 2.45) is 0 Å². The molecule has 0 saturated heterocycles. The Morgan fingerprint density at radius 2 is 1.16 bits per heavy atom. The van der Waals surface area contributed by atoms with Crippen LogP contribution in [0.3, 0.4) is 0 Å². The number of rotatable bonds is 13. The van der Waals surface area contributed by atoms with E-state index in [1.165, 1.54) is 48.5 Å². The number of carbonyl (C=O) groups is 4. The summed E-state index contributed by atoms with van der Waals surface area (Å²) in [7, 11) is 0. The summed E-state index contributed by atoms with van der Waals surface area (Å²) in [5.41, 5.74) is -1.79. The lowest BCUT2D eigenvalue weighted by molar-refractivity contribution is 0.0489. The molecule has 226 valence electrons. The van der Waals surface area contributed by atoms with Gasteiger partial charge in [-0.15, -0.1) is 0 Å². The molecule has 0 aromatic heterocycles. The van der Waals surface area contributed by atoms with Gasteiger partial charge in [-0.25, -0.2) is 9.59 Å². The van der Waals surface area contributed by atoms with E-state index in [1.807, 2.05) is 0 Å². The monoisotopic (exact) mass is 614 g/mol. The van der Waals surface area contributed by atoms with E-state index in [0.717, 1.165) is 25.7 Å². The third-order valence-electron chi connectivity index (χ3n) is 6.89. The molecule has 0 aliphatic rings. The molecule has 0 unspecified atom stereocenters. The van der Waals surface area contributed by atoms with Crippen LogP contribution in [-0.4, -0.2) is 40.3 Å². The predicted octanol–water partition coefficient (Wildman–Crippen LogP) is 7.56. The summed E-state index contributed by atoms with van der Waals surface area (Å²) in [4.78, 5) is 54.8. The molecule has 0 heterocycles. The van der Waals surface area contributed by atoms with Crippen molar-refractivity contribution in [2.45, 2.75) is 39.0 Å². The molecule has 0 aliphatic carbocycles. The van der Waals surface area contributed by atoms with Crippen molar-refractivity contribution >= 4 is 35.1 Å². The van der Waals surface area contributed by atoms with Crippen molar-refractivity contribution in [3.05, 3.63) is 123 Å². The van der Waals surface area contributed by atoms with Gasteiger partial charge in [-0.2, -0.15) is 0 Å². The SMILES string of the molecule is CCCCCCCOC(=O)c1c(C(=O)c2ccccc2)c(O)c(O)c(OC(=O)c2ccccc2)c1C(=O)c1ccc(Cl)cc1. The minimum atomic E-state index is -1.11. The average molecular weight is 615 g/mol. The molecular formula is C35H31ClO8. The van der Waals surface area contributed by atoms with Crippen LogP contribution in [0, 0.1) is 0 Å². The number of aromatic hydroxyl groups is 2. The van der Waals surface area contributed by atoms with Crippen molar-refractivity contribution in [3.8, 4) is 17.2 Å². The normalized spacial score (nSPS) is 10.7. The molecule has 0 radical (unpaired) electrons. The number of unbranched alkanes of at least 4 members (excludes halogenated alkanes) is 4. The average Bonchev–Trinajstić information content (AvgIpc) is 3.05. The van der Waals surface area contributed by atoms with E-state index in [2.05, 4.69) is 6.92 Å². The number of hydrogen-bond acceptors (Lipinski definition) is 8. The van der Waals surface area contributed by atoms with Crippen molar-refractivity contribution in [2.75, 3.05) is 6.61 Å². The zero-order valence-electron chi connectivity index (χ0n) is 24.0. The Bertz CT molecular complexity index is 1650. The molecule has 4 aromatic carbocycles. The minimum absolute atomic E-state index is 0.00299. The molecule has 9 heteroatoms. The topological polar surface area (TPSA) is 127 Å². The Kier molecular flexibility index (Phi) is 10.9. The predicted molar refractivity (Wildman–Crippen MR) is 165 cm³/mol. The van der Waals surface area contributed by atoms with Gasteiger partial charge in [-0.1, -0.05) is 92.7 Å². The number of ketones is 2. The lowest BCUT2D eigenvalue weighted by atomic mass is 9.88. The highest BCUT2D eigenvalue weighted by Gasteiger charge is 2.37. The quantitative estimate of drug-likeness (QED) is 0.0519. The second kappa shape index (κ2) is 15.0. The maximum Gasteiger partial charge on any atom is 0.343 e. The molecule has 0 saturated carbocycles. The summed E-state index contributed by atoms with van der Waals surface area (Å²) in [5, 5.41) is 22.7. The number of phenolic OH excluding ortho intramolecular Hbond substituents is 2. The van der Waals surface area contributed by atoms with Crippen LogP contribution in [0.25, 0.3) is 0 Å². The van der Waals surface area contributed by atoms with E-state index < -0.39 is 57.4 Å². The van der Waals surface area contributed by atoms with Crippen molar-refractivity contribution < 1.29 is 38.9 Å². The lowest BCUT2D eigenvalue weighted by Gasteiger charge is -2.20. The fraction of sp³-hybridized carbons (Fsp3) is 0.200. The number of ether oxygens (including phenoxy) is 2. The number of halogens is 1. The van der Waals surface area contributed by atoms with Crippen LogP contribution in [0.15, 0.2) is 84.9 Å². The van der Waals surface area contributed by atoms with Gasteiger partial charge in [0.1, 0.15) is 0 Å². The summed E-state index contributed by atoms with van der Waals surface area (Å²) in [6, 6.07) is 21.1. The summed E-state index contributed by atoms with van der Waals surface area (Å²) in [6.45, 7) is 2.04. The van der Waals surface area contributed by atoms with Gasteiger partial charge in [-0.05, 0) is 42.8 Å². The fourth-order valence-corrected chi connectivity index (χ4v) is 4.72. The summed E-state index contributed by atoms with van der Waals surface area (Å²) in [5.74, 6) is -6.74. The molecule has 0 amide bonds. The fourth-order valence-electron chi connectivity index (χ4n) is 4.59. The van der Waals surface area contributed by atoms with Gasteiger partial charge in [0.15, 0.2) is 23.1 Å². The lowest BCUT2D eigenvalue weighted by Crippen LogP contribution is -2.22. The molecule has 0 fully saturated rings. The Balaban J connectivity index is 1.94. The second-order valence-electron chi connectivity index (χ2n) is 9.99. The van der Waals surface area contributed by atoms with E-state index >= 15 is 0 Å². The van der Waals surface area contributed by atoms with Crippen molar-refractivity contribution in [3.63, 3.8) is 0 Å². The van der Waals surface area contributed by atoms with Crippen LogP contribution in [-0.2, 0) is 4.74 Å². The maximum atomic E-state index is 14.1. The van der Waals surface area contributed by atoms with E-state index in [4.69, 9.17) is 21.1 Å². The second-order valence-corrected chi connectivity index (χ2v) is 10.4. The first-order valence-electron chi connectivity index (χ1n) is 14.2. The summed E-state index contributed by atoms with van der Waals surface area (Å²) < 4.78 is 11.0. The molecule has 0 atom stereocenters. The zero-order valence-corrected chi connectivity index (χ0v) is 24.8. The van der Waals surface area contributed by atoms with Crippen LogP contribution in [0.5, 0.6) is 17.2 Å². The Morgan fingerprint density at radius 1 is 0.614 bits per heavy atom. The Hall–Kier alpha value is -4.95. The van der Waals surface area contributed by atoms with E-state index in [0.29, 0.717) is 11.4 Å². The molecule has 8 nitrogen and oxygen atoms in total. The summed E-state index contributed by atoms with van der Waals surface area (Å²) >= 11 is 6.02. The van der Waals surface area contributed by atoms with Crippen LogP contribution < -0.4 is 4.74 Å². The highest BCUT2D eigenvalue weighted by atomic mass is 35.5. The first-order chi connectivity index (χ1) is 21.2. The first-order valence-corrected chi connectivity index (χ1v) is 14.6. The van der Waals surface area contributed by atoms with Gasteiger partial charge in [0.25, 0.3) is 0 Å². The van der Waals surface area contributed by atoms with Gasteiger partial charge in [0.05, 0.1) is 28.9 Å². The molecule has 4 rings (SSSR count). The van der Waals surface area contributed by atoms with Gasteiger partial charge < -0.3 is 19.7 Å². The van der Waals surface area contributed by atoms with Gasteiger partial charge in [0.2, 0.25) is 5.75 Å².